The van der Waals surface area contributed by atoms with Gasteiger partial charge in [0.05, 0.1) is 17.8 Å². The van der Waals surface area contributed by atoms with Crippen molar-refractivity contribution in [3.05, 3.63) is 53.2 Å². The standard InChI is InChI=1S/C19H16N8OS/c20-17-16-13(10-27(26-16)7-5-21-18(28)19-22-6-8-29-19)12-2-1-11(9-15(12)24-17)14-3-4-23-25-14/h1-4,6,8-10H,5,7H2,(H2,20,24)(H,21,28)(H,23,25). The number of H-pyrrole nitrogens is 1. The van der Waals surface area contributed by atoms with Crippen LogP contribution in [0.15, 0.2) is 48.2 Å². The fourth-order valence-electron chi connectivity index (χ4n) is 3.24. The van der Waals surface area contributed by atoms with Crippen molar-refractivity contribution in [3.8, 4) is 11.3 Å². The van der Waals surface area contributed by atoms with E-state index in [-0.39, 0.29) is 5.91 Å². The van der Waals surface area contributed by atoms with Crippen LogP contribution in [0.25, 0.3) is 33.1 Å². The molecule has 5 aromatic rings. The number of carbonyl (C=O) groups excluding carboxylic acids is 1. The third kappa shape index (κ3) is 3.19. The topological polar surface area (TPSA) is 127 Å². The summed E-state index contributed by atoms with van der Waals surface area (Å²) in [5.74, 6) is 0.189. The Hall–Kier alpha value is -3.79. The van der Waals surface area contributed by atoms with Gasteiger partial charge in [0.15, 0.2) is 10.8 Å². The summed E-state index contributed by atoms with van der Waals surface area (Å²) in [6, 6.07) is 7.90. The van der Waals surface area contributed by atoms with E-state index in [1.54, 1.807) is 22.5 Å². The second-order valence-corrected chi connectivity index (χ2v) is 7.34. The zero-order valence-corrected chi connectivity index (χ0v) is 16.0. The van der Waals surface area contributed by atoms with Crippen LogP contribution in [0, 0.1) is 0 Å². The van der Waals surface area contributed by atoms with Crippen LogP contribution in [-0.4, -0.2) is 42.4 Å². The summed E-state index contributed by atoms with van der Waals surface area (Å²) >= 11 is 1.31. The molecule has 0 unspecified atom stereocenters. The van der Waals surface area contributed by atoms with Gasteiger partial charge in [0.2, 0.25) is 0 Å². The molecule has 0 spiro atoms. The molecule has 0 aliphatic heterocycles. The molecule has 0 aliphatic carbocycles. The fourth-order valence-corrected chi connectivity index (χ4v) is 3.79. The molecule has 0 saturated carbocycles. The predicted octanol–water partition coefficient (Wildman–Crippen LogP) is 2.44. The first-order chi connectivity index (χ1) is 14.2. The number of carbonyl (C=O) groups is 1. The normalized spacial score (nSPS) is 11.3. The van der Waals surface area contributed by atoms with E-state index >= 15 is 0 Å². The molecule has 4 heterocycles. The number of nitrogens with two attached hydrogens (primary N) is 1. The molecule has 0 radical (unpaired) electrons. The van der Waals surface area contributed by atoms with Gasteiger partial charge in [0.1, 0.15) is 5.52 Å². The van der Waals surface area contributed by atoms with Gasteiger partial charge < -0.3 is 11.1 Å². The Bertz CT molecular complexity index is 1310. The lowest BCUT2D eigenvalue weighted by Crippen LogP contribution is -2.27. The zero-order valence-electron chi connectivity index (χ0n) is 15.2. The Balaban J connectivity index is 1.42. The average molecular weight is 404 g/mol. The molecule has 1 aromatic carbocycles. The van der Waals surface area contributed by atoms with E-state index in [4.69, 9.17) is 5.73 Å². The fraction of sp³-hybridized carbons (Fsp3) is 0.105. The number of benzene rings is 1. The second kappa shape index (κ2) is 6.99. The molecule has 0 bridgehead atoms. The number of nitrogens with one attached hydrogen (secondary N) is 2. The summed E-state index contributed by atoms with van der Waals surface area (Å²) in [5.41, 5.74) is 9.50. The third-order valence-corrected chi connectivity index (χ3v) is 5.37. The van der Waals surface area contributed by atoms with E-state index in [9.17, 15) is 4.79 Å². The molecule has 5 rings (SSSR count). The lowest BCUT2D eigenvalue weighted by Gasteiger charge is -2.03. The van der Waals surface area contributed by atoms with Crippen molar-refractivity contribution in [2.75, 3.05) is 12.3 Å². The molecule has 9 nitrogen and oxygen atoms in total. The van der Waals surface area contributed by atoms with Crippen molar-refractivity contribution in [2.24, 2.45) is 0 Å². The minimum absolute atomic E-state index is 0.185. The Kier molecular flexibility index (Phi) is 4.17. The molecular formula is C19H16N8OS. The Morgan fingerprint density at radius 1 is 1.24 bits per heavy atom. The molecule has 0 fully saturated rings. The van der Waals surface area contributed by atoms with Gasteiger partial charge in [-0.1, -0.05) is 12.1 Å². The highest BCUT2D eigenvalue weighted by Gasteiger charge is 2.13. The maximum Gasteiger partial charge on any atom is 0.280 e. The first kappa shape index (κ1) is 17.3. The van der Waals surface area contributed by atoms with Gasteiger partial charge in [-0.15, -0.1) is 11.3 Å². The van der Waals surface area contributed by atoms with Gasteiger partial charge in [-0.2, -0.15) is 10.2 Å². The number of rotatable bonds is 5. The van der Waals surface area contributed by atoms with Crippen molar-refractivity contribution in [1.82, 2.24) is 35.3 Å². The second-order valence-electron chi connectivity index (χ2n) is 6.45. The largest absolute Gasteiger partial charge is 0.382 e. The quantitative estimate of drug-likeness (QED) is 0.413. The SMILES string of the molecule is Nc1nc2cc(-c3ccn[nH]3)ccc2c2cn(CCNC(=O)c3nccs3)nc12. The number of hydrogen-bond donors (Lipinski definition) is 3. The highest BCUT2D eigenvalue weighted by Crippen LogP contribution is 2.29. The number of nitrogens with zero attached hydrogens (tertiary/aromatic N) is 5. The summed E-state index contributed by atoms with van der Waals surface area (Å²) in [4.78, 5) is 20.5. The summed E-state index contributed by atoms with van der Waals surface area (Å²) in [5, 5.41) is 18.4. The monoisotopic (exact) mass is 404 g/mol. The van der Waals surface area contributed by atoms with Crippen LogP contribution < -0.4 is 11.1 Å². The van der Waals surface area contributed by atoms with Gasteiger partial charge >= 0.3 is 0 Å². The summed E-state index contributed by atoms with van der Waals surface area (Å²) in [6.07, 6.45) is 5.25. The summed E-state index contributed by atoms with van der Waals surface area (Å²) in [6.45, 7) is 0.945. The molecular weight excluding hydrogens is 388 g/mol. The lowest BCUT2D eigenvalue weighted by atomic mass is 10.1. The minimum Gasteiger partial charge on any atom is -0.382 e. The van der Waals surface area contributed by atoms with Crippen LogP contribution in [0.2, 0.25) is 0 Å². The molecule has 4 N–H and O–H groups in total. The van der Waals surface area contributed by atoms with Crippen molar-refractivity contribution in [1.29, 1.82) is 0 Å². The van der Waals surface area contributed by atoms with Crippen LogP contribution >= 0.6 is 11.3 Å². The van der Waals surface area contributed by atoms with Crippen molar-refractivity contribution in [3.63, 3.8) is 0 Å². The molecule has 0 aliphatic rings. The summed E-state index contributed by atoms with van der Waals surface area (Å²) in [7, 11) is 0. The van der Waals surface area contributed by atoms with Crippen LogP contribution in [0.1, 0.15) is 9.80 Å². The van der Waals surface area contributed by atoms with Crippen molar-refractivity contribution in [2.45, 2.75) is 6.54 Å². The third-order valence-electron chi connectivity index (χ3n) is 4.60. The van der Waals surface area contributed by atoms with Gasteiger partial charge in [0.25, 0.3) is 5.91 Å². The lowest BCUT2D eigenvalue weighted by molar-refractivity contribution is 0.0951. The Labute approximate surface area is 168 Å². The highest BCUT2D eigenvalue weighted by atomic mass is 32.1. The van der Waals surface area contributed by atoms with E-state index in [0.717, 1.165) is 27.5 Å². The molecule has 1 amide bonds. The first-order valence-electron chi connectivity index (χ1n) is 8.93. The number of anilines is 1. The van der Waals surface area contributed by atoms with E-state index in [1.807, 2.05) is 30.5 Å². The maximum absolute atomic E-state index is 12.0. The number of pyridine rings is 1. The van der Waals surface area contributed by atoms with E-state index < -0.39 is 0 Å². The van der Waals surface area contributed by atoms with Crippen LogP contribution in [0.5, 0.6) is 0 Å². The molecule has 29 heavy (non-hydrogen) atoms. The van der Waals surface area contributed by atoms with Gasteiger partial charge in [-0.05, 0) is 12.1 Å². The number of aromatic amines is 1. The zero-order chi connectivity index (χ0) is 19.8. The van der Waals surface area contributed by atoms with Gasteiger partial charge in [0, 0.05) is 46.9 Å². The van der Waals surface area contributed by atoms with E-state index in [1.165, 1.54) is 11.3 Å². The number of fused-ring (bicyclic) bond motifs is 3. The molecule has 4 aromatic heterocycles. The average Bonchev–Trinajstić information content (AvgIpc) is 3.48. The van der Waals surface area contributed by atoms with Gasteiger partial charge in [-0.25, -0.2) is 9.97 Å². The molecule has 0 saturated heterocycles. The van der Waals surface area contributed by atoms with E-state index in [0.29, 0.717) is 29.4 Å². The maximum atomic E-state index is 12.0. The number of hydrogen-bond acceptors (Lipinski definition) is 7. The van der Waals surface area contributed by atoms with Crippen LogP contribution in [0.3, 0.4) is 0 Å². The predicted molar refractivity (Wildman–Crippen MR) is 111 cm³/mol. The molecule has 10 heteroatoms. The van der Waals surface area contributed by atoms with Crippen molar-refractivity contribution < 1.29 is 4.79 Å². The van der Waals surface area contributed by atoms with E-state index in [2.05, 4.69) is 30.6 Å². The first-order valence-corrected chi connectivity index (χ1v) is 9.81. The van der Waals surface area contributed by atoms with Crippen molar-refractivity contribution >= 4 is 44.9 Å². The number of nitrogen functional groups attached to an aromatic ring is 1. The summed E-state index contributed by atoms with van der Waals surface area (Å²) < 4.78 is 1.77. The minimum atomic E-state index is -0.185. The Morgan fingerprint density at radius 3 is 2.97 bits per heavy atom. The smallest absolute Gasteiger partial charge is 0.280 e. The van der Waals surface area contributed by atoms with Crippen LogP contribution in [0.4, 0.5) is 5.82 Å². The number of aromatic nitrogens is 6. The molecule has 0 atom stereocenters. The highest BCUT2D eigenvalue weighted by molar-refractivity contribution is 7.11. The number of thiazole rings is 1. The Morgan fingerprint density at radius 2 is 2.17 bits per heavy atom. The van der Waals surface area contributed by atoms with Gasteiger partial charge in [-0.3, -0.25) is 14.6 Å². The molecule has 144 valence electrons. The van der Waals surface area contributed by atoms with Crippen LogP contribution in [-0.2, 0) is 6.54 Å². The number of amides is 1.